The molecule has 1 aromatic rings. The van der Waals surface area contributed by atoms with Crippen molar-refractivity contribution < 1.29 is 23.9 Å². The highest BCUT2D eigenvalue weighted by atomic mass is 16.6. The second-order valence-corrected chi connectivity index (χ2v) is 6.59. The van der Waals surface area contributed by atoms with Crippen LogP contribution in [-0.4, -0.2) is 35.7 Å². The normalized spacial score (nSPS) is 19.7. The second-order valence-electron chi connectivity index (χ2n) is 6.59. The molecule has 0 aliphatic carbocycles. The van der Waals surface area contributed by atoms with Crippen molar-refractivity contribution in [3.63, 3.8) is 0 Å². The van der Waals surface area contributed by atoms with Crippen LogP contribution in [0, 0.1) is 0 Å². The molecule has 1 aliphatic heterocycles. The molecule has 2 unspecified atom stereocenters. The summed E-state index contributed by atoms with van der Waals surface area (Å²) < 4.78 is 10.3. The fourth-order valence-electron chi connectivity index (χ4n) is 2.23. The van der Waals surface area contributed by atoms with Crippen molar-refractivity contribution in [3.8, 4) is 0 Å². The monoisotopic (exact) mass is 334 g/mol. The van der Waals surface area contributed by atoms with Gasteiger partial charge in [-0.25, -0.2) is 4.79 Å². The van der Waals surface area contributed by atoms with Crippen LogP contribution >= 0.6 is 0 Å². The molecular weight excluding hydrogens is 312 g/mol. The van der Waals surface area contributed by atoms with Crippen molar-refractivity contribution in [1.82, 2.24) is 10.6 Å². The standard InChI is InChI=1S/C17H22N2O5/c1-17(2,3)24-13(20)9-12-14(15(21)18-12)19-16(22)23-10-11-7-5-4-6-8-11/h4-8,12,14H,9-10H2,1-3H3,(H,18,21)(H,19,22). The summed E-state index contributed by atoms with van der Waals surface area (Å²) in [5, 5.41) is 5.05. The number of esters is 1. The Morgan fingerprint density at radius 3 is 2.46 bits per heavy atom. The van der Waals surface area contributed by atoms with Crippen LogP contribution in [0.3, 0.4) is 0 Å². The van der Waals surface area contributed by atoms with Crippen molar-refractivity contribution in [1.29, 1.82) is 0 Å². The van der Waals surface area contributed by atoms with Crippen LogP contribution in [0.2, 0.25) is 0 Å². The van der Waals surface area contributed by atoms with Gasteiger partial charge in [0.25, 0.3) is 0 Å². The van der Waals surface area contributed by atoms with Gasteiger partial charge in [-0.05, 0) is 26.3 Å². The molecule has 130 valence electrons. The number of carbonyl (C=O) groups excluding carboxylic acids is 3. The Kier molecular flexibility index (Phi) is 5.43. The van der Waals surface area contributed by atoms with Gasteiger partial charge in [-0.3, -0.25) is 9.59 Å². The minimum atomic E-state index is -0.791. The number of hydrogen-bond donors (Lipinski definition) is 2. The molecule has 0 spiro atoms. The molecule has 1 heterocycles. The molecule has 2 amide bonds. The van der Waals surface area contributed by atoms with Gasteiger partial charge in [-0.15, -0.1) is 0 Å². The minimum absolute atomic E-state index is 0.00730. The maximum atomic E-state index is 11.8. The molecule has 1 aliphatic rings. The van der Waals surface area contributed by atoms with E-state index < -0.39 is 29.7 Å². The number of amides is 2. The second kappa shape index (κ2) is 7.33. The third-order valence-electron chi connectivity index (χ3n) is 3.31. The fraction of sp³-hybridized carbons (Fsp3) is 0.471. The molecule has 24 heavy (non-hydrogen) atoms. The zero-order chi connectivity index (χ0) is 17.7. The number of nitrogens with one attached hydrogen (secondary N) is 2. The van der Waals surface area contributed by atoms with Gasteiger partial charge in [0.1, 0.15) is 18.2 Å². The minimum Gasteiger partial charge on any atom is -0.460 e. The van der Waals surface area contributed by atoms with E-state index in [4.69, 9.17) is 9.47 Å². The van der Waals surface area contributed by atoms with E-state index in [0.717, 1.165) is 5.56 Å². The number of ether oxygens (including phenoxy) is 2. The number of alkyl carbamates (subject to hydrolysis) is 1. The lowest BCUT2D eigenvalue weighted by atomic mass is 9.96. The lowest BCUT2D eigenvalue weighted by Gasteiger charge is -2.36. The van der Waals surface area contributed by atoms with Crippen molar-refractivity contribution in [2.45, 2.75) is 51.5 Å². The Hall–Kier alpha value is -2.57. The molecule has 0 saturated carbocycles. The molecule has 2 rings (SSSR count). The summed E-state index contributed by atoms with van der Waals surface area (Å²) in [5.74, 6) is -0.780. The number of benzene rings is 1. The van der Waals surface area contributed by atoms with Crippen LogP contribution in [0.25, 0.3) is 0 Å². The van der Waals surface area contributed by atoms with E-state index in [1.807, 2.05) is 30.3 Å². The van der Waals surface area contributed by atoms with Crippen molar-refractivity contribution >= 4 is 18.0 Å². The van der Waals surface area contributed by atoms with Crippen LogP contribution in [0.4, 0.5) is 4.79 Å². The summed E-state index contributed by atoms with van der Waals surface area (Å²) in [6.07, 6.45) is -0.708. The highest BCUT2D eigenvalue weighted by Gasteiger charge is 2.42. The van der Waals surface area contributed by atoms with Crippen molar-refractivity contribution in [3.05, 3.63) is 35.9 Å². The molecule has 7 heteroatoms. The van der Waals surface area contributed by atoms with Crippen LogP contribution in [-0.2, 0) is 25.7 Å². The lowest BCUT2D eigenvalue weighted by molar-refractivity contribution is -0.156. The summed E-state index contributed by atoms with van der Waals surface area (Å²) in [5.41, 5.74) is 0.249. The summed E-state index contributed by atoms with van der Waals surface area (Å²) in [6.45, 7) is 5.40. The molecule has 1 aromatic carbocycles. The Morgan fingerprint density at radius 1 is 1.21 bits per heavy atom. The van der Waals surface area contributed by atoms with Gasteiger partial charge in [0.15, 0.2) is 0 Å². The average molecular weight is 334 g/mol. The Morgan fingerprint density at radius 2 is 1.88 bits per heavy atom. The first-order valence-electron chi connectivity index (χ1n) is 7.74. The topological polar surface area (TPSA) is 93.7 Å². The molecule has 0 aromatic heterocycles. The Labute approximate surface area is 140 Å². The third-order valence-corrected chi connectivity index (χ3v) is 3.31. The largest absolute Gasteiger partial charge is 0.460 e. The van der Waals surface area contributed by atoms with Crippen LogP contribution < -0.4 is 10.6 Å². The fourth-order valence-corrected chi connectivity index (χ4v) is 2.23. The highest BCUT2D eigenvalue weighted by Crippen LogP contribution is 2.15. The van der Waals surface area contributed by atoms with E-state index in [9.17, 15) is 14.4 Å². The number of rotatable bonds is 5. The van der Waals surface area contributed by atoms with Gasteiger partial charge < -0.3 is 20.1 Å². The number of carbonyl (C=O) groups is 3. The van der Waals surface area contributed by atoms with E-state index in [-0.39, 0.29) is 18.9 Å². The maximum absolute atomic E-state index is 11.8. The number of β-lactam (4-membered cyclic amide) rings is 1. The molecule has 7 nitrogen and oxygen atoms in total. The van der Waals surface area contributed by atoms with Gasteiger partial charge in [0, 0.05) is 0 Å². The molecule has 0 bridgehead atoms. The first-order valence-corrected chi connectivity index (χ1v) is 7.74. The van der Waals surface area contributed by atoms with Gasteiger partial charge in [0.05, 0.1) is 12.5 Å². The molecule has 0 radical (unpaired) electrons. The highest BCUT2D eigenvalue weighted by molar-refractivity contribution is 5.93. The van der Waals surface area contributed by atoms with E-state index in [2.05, 4.69) is 10.6 Å². The van der Waals surface area contributed by atoms with E-state index in [1.54, 1.807) is 20.8 Å². The van der Waals surface area contributed by atoms with Crippen LogP contribution in [0.15, 0.2) is 30.3 Å². The predicted molar refractivity (Wildman–Crippen MR) is 85.9 cm³/mol. The van der Waals surface area contributed by atoms with Gasteiger partial charge in [-0.1, -0.05) is 30.3 Å². The summed E-state index contributed by atoms with van der Waals surface area (Å²) in [4.78, 5) is 35.2. The van der Waals surface area contributed by atoms with Gasteiger partial charge in [-0.2, -0.15) is 0 Å². The zero-order valence-corrected chi connectivity index (χ0v) is 14.0. The molecule has 1 fully saturated rings. The molecule has 1 saturated heterocycles. The SMILES string of the molecule is CC(C)(C)OC(=O)CC1NC(=O)C1NC(=O)OCc1ccccc1. The van der Waals surface area contributed by atoms with E-state index in [0.29, 0.717) is 0 Å². The Bertz CT molecular complexity index is 609. The number of hydrogen-bond acceptors (Lipinski definition) is 5. The van der Waals surface area contributed by atoms with Crippen molar-refractivity contribution in [2.75, 3.05) is 0 Å². The van der Waals surface area contributed by atoms with E-state index in [1.165, 1.54) is 0 Å². The quantitative estimate of drug-likeness (QED) is 0.629. The zero-order valence-electron chi connectivity index (χ0n) is 14.0. The summed E-state index contributed by atoms with van der Waals surface area (Å²) in [7, 11) is 0. The van der Waals surface area contributed by atoms with Gasteiger partial charge >= 0.3 is 12.1 Å². The third kappa shape index (κ3) is 5.26. The average Bonchev–Trinajstić information content (AvgIpc) is 2.49. The summed E-state index contributed by atoms with van der Waals surface area (Å²) in [6, 6.07) is 7.92. The van der Waals surface area contributed by atoms with Crippen LogP contribution in [0.5, 0.6) is 0 Å². The van der Waals surface area contributed by atoms with Crippen LogP contribution in [0.1, 0.15) is 32.8 Å². The smallest absolute Gasteiger partial charge is 0.408 e. The molecule has 2 atom stereocenters. The molecular formula is C17H22N2O5. The predicted octanol–water partition coefficient (Wildman–Crippen LogP) is 1.51. The first-order chi connectivity index (χ1) is 11.2. The van der Waals surface area contributed by atoms with Crippen molar-refractivity contribution in [2.24, 2.45) is 0 Å². The first kappa shape index (κ1) is 17.8. The van der Waals surface area contributed by atoms with E-state index >= 15 is 0 Å². The Balaban J connectivity index is 1.78. The van der Waals surface area contributed by atoms with Gasteiger partial charge in [0.2, 0.25) is 5.91 Å². The molecule has 2 N–H and O–H groups in total. The maximum Gasteiger partial charge on any atom is 0.408 e. The summed E-state index contributed by atoms with van der Waals surface area (Å²) >= 11 is 0. The lowest BCUT2D eigenvalue weighted by Crippen LogP contribution is -2.69.